The number of rotatable bonds is 16. The van der Waals surface area contributed by atoms with Gasteiger partial charge in [-0.3, -0.25) is 19.2 Å². The lowest BCUT2D eigenvalue weighted by Crippen LogP contribution is -2.15. The Morgan fingerprint density at radius 2 is 0.806 bits per heavy atom. The van der Waals surface area contributed by atoms with Crippen LogP contribution in [0.5, 0.6) is 0 Å². The molecule has 0 aliphatic rings. The minimum absolute atomic E-state index is 0.00185. The molecule has 1 aromatic rings. The molecule has 0 saturated carbocycles. The number of carbonyl (C=O) groups is 6. The molecule has 1 aromatic carbocycles. The summed E-state index contributed by atoms with van der Waals surface area (Å²) in [6.45, 7) is 2.05. The second-order valence-electron chi connectivity index (χ2n) is 7.18. The maximum absolute atomic E-state index is 12.1. The first kappa shape index (κ1) is 30.1. The number of unbranched alkanes of at least 4 members (excludes halogenated alkanes) is 1. The zero-order valence-corrected chi connectivity index (χ0v) is 20.3. The molecular weight excluding hydrogens is 480 g/mol. The number of hydrogen-bond acceptors (Lipinski definition) is 12. The first-order valence-electron chi connectivity index (χ1n) is 11.2. The summed E-state index contributed by atoms with van der Waals surface area (Å²) in [5.74, 6) is -3.17. The fraction of sp³-hybridized carbons (Fsp3) is 0.500. The van der Waals surface area contributed by atoms with E-state index in [0.717, 1.165) is 0 Å². The van der Waals surface area contributed by atoms with E-state index in [1.165, 1.54) is 38.1 Å². The molecule has 0 aromatic heterocycles. The molecule has 0 N–H and O–H groups in total. The Balaban J connectivity index is 2.15. The molecular formula is C24H30O12. The van der Waals surface area contributed by atoms with Crippen LogP contribution in [0.1, 0.15) is 60.2 Å². The largest absolute Gasteiger partial charge is 0.462 e. The predicted octanol–water partition coefficient (Wildman–Crippen LogP) is 1.77. The van der Waals surface area contributed by atoms with Crippen LogP contribution in [0.3, 0.4) is 0 Å². The zero-order valence-electron chi connectivity index (χ0n) is 20.3. The van der Waals surface area contributed by atoms with Gasteiger partial charge < -0.3 is 28.4 Å². The molecule has 0 fully saturated rings. The van der Waals surface area contributed by atoms with Crippen LogP contribution in [0.2, 0.25) is 0 Å². The third-order valence-electron chi connectivity index (χ3n) is 4.22. The summed E-state index contributed by atoms with van der Waals surface area (Å²) in [4.78, 5) is 68.4. The molecule has 0 spiro atoms. The van der Waals surface area contributed by atoms with Crippen molar-refractivity contribution in [2.75, 3.05) is 39.6 Å². The van der Waals surface area contributed by atoms with Crippen LogP contribution in [0.4, 0.5) is 0 Å². The Kier molecular flexibility index (Phi) is 14.6. The Morgan fingerprint density at radius 3 is 1.14 bits per heavy atom. The summed E-state index contributed by atoms with van der Waals surface area (Å²) in [5.41, 5.74) is 0.399. The van der Waals surface area contributed by atoms with Gasteiger partial charge in [0.2, 0.25) is 0 Å². The summed E-state index contributed by atoms with van der Waals surface area (Å²) < 4.78 is 29.1. The van der Waals surface area contributed by atoms with E-state index in [4.69, 9.17) is 18.9 Å². The Labute approximate surface area is 208 Å². The van der Waals surface area contributed by atoms with Crippen LogP contribution in [-0.4, -0.2) is 75.5 Å². The lowest BCUT2D eigenvalue weighted by atomic mass is 10.1. The van der Waals surface area contributed by atoms with Gasteiger partial charge >= 0.3 is 35.8 Å². The summed E-state index contributed by atoms with van der Waals surface area (Å²) in [7, 11) is 0. The zero-order chi connectivity index (χ0) is 26.8. The molecule has 1 rings (SSSR count). The molecule has 0 aliphatic carbocycles. The average molecular weight is 510 g/mol. The van der Waals surface area contributed by atoms with E-state index in [1.54, 1.807) is 0 Å². The van der Waals surface area contributed by atoms with Gasteiger partial charge in [0, 0.05) is 26.7 Å². The van der Waals surface area contributed by atoms with Crippen LogP contribution < -0.4 is 0 Å². The van der Waals surface area contributed by atoms with Crippen LogP contribution in [0.25, 0.3) is 0 Å². The summed E-state index contributed by atoms with van der Waals surface area (Å²) in [5, 5.41) is 0. The third kappa shape index (κ3) is 14.3. The minimum Gasteiger partial charge on any atom is -0.462 e. The number of benzene rings is 1. The maximum atomic E-state index is 12.1. The summed E-state index contributed by atoms with van der Waals surface area (Å²) >= 11 is 0. The average Bonchev–Trinajstić information content (AvgIpc) is 2.84. The van der Waals surface area contributed by atoms with E-state index in [9.17, 15) is 28.8 Å². The van der Waals surface area contributed by atoms with Crippen molar-refractivity contribution in [1.29, 1.82) is 0 Å². The Hall–Kier alpha value is -3.96. The highest BCUT2D eigenvalue weighted by atomic mass is 16.6. The van der Waals surface area contributed by atoms with Gasteiger partial charge in [0.25, 0.3) is 0 Å². The van der Waals surface area contributed by atoms with Crippen molar-refractivity contribution in [3.8, 4) is 0 Å². The van der Waals surface area contributed by atoms with Crippen molar-refractivity contribution in [2.24, 2.45) is 0 Å². The van der Waals surface area contributed by atoms with Gasteiger partial charge in [0.15, 0.2) is 0 Å². The third-order valence-corrected chi connectivity index (χ3v) is 4.22. The van der Waals surface area contributed by atoms with Crippen molar-refractivity contribution in [2.45, 2.75) is 39.5 Å². The lowest BCUT2D eigenvalue weighted by Gasteiger charge is -2.08. The van der Waals surface area contributed by atoms with E-state index in [2.05, 4.69) is 9.47 Å². The minimum atomic E-state index is -0.659. The van der Waals surface area contributed by atoms with Crippen molar-refractivity contribution in [1.82, 2.24) is 0 Å². The van der Waals surface area contributed by atoms with Gasteiger partial charge in [-0.25, -0.2) is 9.59 Å². The smallest absolute Gasteiger partial charge is 0.338 e. The number of ether oxygens (including phenoxy) is 6. The highest BCUT2D eigenvalue weighted by Crippen LogP contribution is 2.08. The first-order chi connectivity index (χ1) is 17.2. The van der Waals surface area contributed by atoms with Gasteiger partial charge in [-0.2, -0.15) is 0 Å². The molecule has 0 aliphatic heterocycles. The fourth-order valence-corrected chi connectivity index (χ4v) is 2.54. The van der Waals surface area contributed by atoms with Crippen molar-refractivity contribution in [3.05, 3.63) is 35.4 Å². The number of carbonyl (C=O) groups excluding carboxylic acids is 6. The standard InChI is InChI=1S/C24H30O12/c1-17(25)31-11-13-33-21(27)5-3-4-6-22(28)34-14-16-36-24(30)20-9-7-19(8-10-20)23(29)35-15-12-32-18(2)26/h7-10H,3-6,11-16H2,1-2H3. The molecule has 12 heteroatoms. The van der Waals surface area contributed by atoms with E-state index in [-0.39, 0.29) is 63.6 Å². The monoisotopic (exact) mass is 510 g/mol. The summed E-state index contributed by atoms with van der Waals surface area (Å²) in [6.07, 6.45) is 1.05. The molecule has 0 unspecified atom stereocenters. The number of esters is 6. The second-order valence-corrected chi connectivity index (χ2v) is 7.18. The molecule has 0 amide bonds. The first-order valence-corrected chi connectivity index (χ1v) is 11.2. The highest BCUT2D eigenvalue weighted by molar-refractivity contribution is 5.93. The van der Waals surface area contributed by atoms with Crippen LogP contribution in [-0.2, 0) is 47.6 Å². The molecule has 0 atom stereocenters. The lowest BCUT2D eigenvalue weighted by molar-refractivity contribution is -0.151. The molecule has 12 nitrogen and oxygen atoms in total. The van der Waals surface area contributed by atoms with Crippen molar-refractivity contribution >= 4 is 35.8 Å². The second kappa shape index (κ2) is 17.5. The van der Waals surface area contributed by atoms with E-state index in [0.29, 0.717) is 12.8 Å². The molecule has 0 heterocycles. The van der Waals surface area contributed by atoms with Crippen LogP contribution in [0.15, 0.2) is 24.3 Å². The van der Waals surface area contributed by atoms with Gasteiger partial charge in [-0.15, -0.1) is 0 Å². The normalized spacial score (nSPS) is 10.1. The molecule has 0 radical (unpaired) electrons. The van der Waals surface area contributed by atoms with Gasteiger partial charge in [-0.05, 0) is 37.1 Å². The summed E-state index contributed by atoms with van der Waals surface area (Å²) in [6, 6.07) is 5.55. The maximum Gasteiger partial charge on any atom is 0.338 e. The van der Waals surface area contributed by atoms with E-state index in [1.807, 2.05) is 0 Å². The van der Waals surface area contributed by atoms with Gasteiger partial charge in [0.05, 0.1) is 11.1 Å². The Bertz CT molecular complexity index is 891. The highest BCUT2D eigenvalue weighted by Gasteiger charge is 2.12. The fourth-order valence-electron chi connectivity index (χ4n) is 2.54. The molecule has 0 bridgehead atoms. The number of hydrogen-bond donors (Lipinski definition) is 0. The van der Waals surface area contributed by atoms with E-state index < -0.39 is 35.8 Å². The van der Waals surface area contributed by atoms with Crippen LogP contribution >= 0.6 is 0 Å². The van der Waals surface area contributed by atoms with E-state index >= 15 is 0 Å². The predicted molar refractivity (Wildman–Crippen MR) is 121 cm³/mol. The van der Waals surface area contributed by atoms with Crippen molar-refractivity contribution < 1.29 is 57.2 Å². The van der Waals surface area contributed by atoms with Crippen LogP contribution in [0, 0.1) is 0 Å². The Morgan fingerprint density at radius 1 is 0.500 bits per heavy atom. The van der Waals surface area contributed by atoms with Gasteiger partial charge in [0.1, 0.15) is 39.6 Å². The SMILES string of the molecule is CC(=O)OCCOC(=O)CCCCC(=O)OCCOC(=O)c1ccc(C(=O)OCCOC(C)=O)cc1. The molecule has 36 heavy (non-hydrogen) atoms. The molecule has 0 saturated heterocycles. The molecule has 198 valence electrons. The quantitative estimate of drug-likeness (QED) is 0.181. The van der Waals surface area contributed by atoms with Crippen molar-refractivity contribution in [3.63, 3.8) is 0 Å². The topological polar surface area (TPSA) is 158 Å². The van der Waals surface area contributed by atoms with Gasteiger partial charge in [-0.1, -0.05) is 0 Å².